The molecule has 1 amide bonds. The highest BCUT2D eigenvalue weighted by molar-refractivity contribution is 6.05. The zero-order valence-corrected chi connectivity index (χ0v) is 15.8. The van der Waals surface area contributed by atoms with Gasteiger partial charge in [-0.2, -0.15) is 5.26 Å². The Balaban J connectivity index is 1.80. The molecule has 1 aromatic carbocycles. The molecular weight excluding hydrogens is 342 g/mol. The van der Waals surface area contributed by atoms with Crippen LogP contribution in [0.3, 0.4) is 0 Å². The van der Waals surface area contributed by atoms with E-state index in [0.29, 0.717) is 5.56 Å². The quantitative estimate of drug-likeness (QED) is 0.823. The van der Waals surface area contributed by atoms with Gasteiger partial charge in [0.15, 0.2) is 6.61 Å². The second-order valence-electron chi connectivity index (χ2n) is 7.38. The molecule has 1 heterocycles. The van der Waals surface area contributed by atoms with E-state index in [1.54, 1.807) is 6.92 Å². The molecule has 1 aromatic heterocycles. The molecule has 0 aliphatic heterocycles. The third-order valence-corrected chi connectivity index (χ3v) is 5.24. The standard InChI is InChI=1S/C21H23N3O3/c1-13(2)21(3,12-22)24-18(25)11-27-20(26)19-14-7-4-5-9-16(14)23-17-10-6-8-15(17)19/h4-5,7,9,13H,6,8,10-11H2,1-3H3,(H,24,25)/t21-/m0/s1. The molecule has 140 valence electrons. The minimum absolute atomic E-state index is 0.0745. The van der Waals surface area contributed by atoms with Gasteiger partial charge in [-0.25, -0.2) is 4.79 Å². The second kappa shape index (κ2) is 7.36. The minimum Gasteiger partial charge on any atom is -0.452 e. The predicted octanol–water partition coefficient (Wildman–Crippen LogP) is 2.93. The van der Waals surface area contributed by atoms with E-state index in [-0.39, 0.29) is 5.92 Å². The summed E-state index contributed by atoms with van der Waals surface area (Å²) in [6.07, 6.45) is 2.58. The molecule has 1 N–H and O–H groups in total. The number of aryl methyl sites for hydroxylation is 1. The van der Waals surface area contributed by atoms with Gasteiger partial charge in [-0.3, -0.25) is 9.78 Å². The molecule has 0 fully saturated rings. The smallest absolute Gasteiger partial charge is 0.339 e. The normalized spacial score (nSPS) is 15.1. The van der Waals surface area contributed by atoms with Crippen molar-refractivity contribution in [3.05, 3.63) is 41.1 Å². The van der Waals surface area contributed by atoms with Crippen LogP contribution in [-0.4, -0.2) is 29.0 Å². The third kappa shape index (κ3) is 3.63. The van der Waals surface area contributed by atoms with E-state index in [2.05, 4.69) is 16.4 Å². The number of rotatable bonds is 5. The number of ether oxygens (including phenoxy) is 1. The average molecular weight is 365 g/mol. The van der Waals surface area contributed by atoms with E-state index in [9.17, 15) is 14.9 Å². The Morgan fingerprint density at radius 1 is 1.33 bits per heavy atom. The fraction of sp³-hybridized carbons (Fsp3) is 0.429. The Morgan fingerprint density at radius 2 is 2.07 bits per heavy atom. The van der Waals surface area contributed by atoms with Crippen LogP contribution in [0.1, 0.15) is 48.8 Å². The summed E-state index contributed by atoms with van der Waals surface area (Å²) in [7, 11) is 0. The number of benzene rings is 1. The molecule has 0 radical (unpaired) electrons. The van der Waals surface area contributed by atoms with Crippen LogP contribution in [0.5, 0.6) is 0 Å². The van der Waals surface area contributed by atoms with Crippen molar-refractivity contribution < 1.29 is 14.3 Å². The molecule has 27 heavy (non-hydrogen) atoms. The zero-order chi connectivity index (χ0) is 19.6. The number of hydrogen-bond donors (Lipinski definition) is 1. The van der Waals surface area contributed by atoms with Gasteiger partial charge in [0.1, 0.15) is 5.54 Å². The maximum Gasteiger partial charge on any atom is 0.339 e. The summed E-state index contributed by atoms with van der Waals surface area (Å²) in [5.74, 6) is -1.09. The first-order chi connectivity index (χ1) is 12.9. The van der Waals surface area contributed by atoms with Crippen molar-refractivity contribution in [2.24, 2.45) is 5.92 Å². The molecular formula is C21H23N3O3. The number of esters is 1. The topological polar surface area (TPSA) is 92.1 Å². The van der Waals surface area contributed by atoms with Gasteiger partial charge >= 0.3 is 5.97 Å². The lowest BCUT2D eigenvalue weighted by molar-refractivity contribution is -0.125. The van der Waals surface area contributed by atoms with Gasteiger partial charge in [0.05, 0.1) is 17.1 Å². The molecule has 6 nitrogen and oxygen atoms in total. The van der Waals surface area contributed by atoms with Crippen molar-refractivity contribution in [3.8, 4) is 6.07 Å². The number of pyridine rings is 1. The fourth-order valence-electron chi connectivity index (χ4n) is 3.27. The summed E-state index contributed by atoms with van der Waals surface area (Å²) in [6.45, 7) is 4.93. The molecule has 0 spiro atoms. The van der Waals surface area contributed by atoms with E-state index in [1.165, 1.54) is 0 Å². The molecule has 0 bridgehead atoms. The van der Waals surface area contributed by atoms with Gasteiger partial charge in [0, 0.05) is 11.1 Å². The molecule has 1 aliphatic carbocycles. The lowest BCUT2D eigenvalue weighted by Gasteiger charge is -2.27. The number of nitrogens with zero attached hydrogens (tertiary/aromatic N) is 2. The van der Waals surface area contributed by atoms with E-state index in [4.69, 9.17) is 4.74 Å². The maximum absolute atomic E-state index is 12.8. The van der Waals surface area contributed by atoms with Gasteiger partial charge in [0.25, 0.3) is 5.91 Å². The number of nitrogens with one attached hydrogen (secondary N) is 1. The van der Waals surface area contributed by atoms with Crippen molar-refractivity contribution in [1.29, 1.82) is 5.26 Å². The average Bonchev–Trinajstić information content (AvgIpc) is 3.11. The minimum atomic E-state index is -1.01. The Bertz CT molecular complexity index is 946. The summed E-state index contributed by atoms with van der Waals surface area (Å²) >= 11 is 0. The second-order valence-corrected chi connectivity index (χ2v) is 7.38. The maximum atomic E-state index is 12.8. The summed E-state index contributed by atoms with van der Waals surface area (Å²) in [5.41, 5.74) is 2.11. The van der Waals surface area contributed by atoms with Gasteiger partial charge in [0.2, 0.25) is 0 Å². The van der Waals surface area contributed by atoms with Crippen LogP contribution in [0.4, 0.5) is 0 Å². The van der Waals surface area contributed by atoms with E-state index >= 15 is 0 Å². The number of aromatic nitrogens is 1. The number of para-hydroxylation sites is 1. The molecule has 0 unspecified atom stereocenters. The molecule has 2 aromatic rings. The molecule has 0 saturated heterocycles. The number of nitriles is 1. The van der Waals surface area contributed by atoms with Crippen molar-refractivity contribution in [1.82, 2.24) is 10.3 Å². The zero-order valence-electron chi connectivity index (χ0n) is 15.8. The Morgan fingerprint density at radius 3 is 2.78 bits per heavy atom. The number of carbonyl (C=O) groups excluding carboxylic acids is 2. The molecule has 0 saturated carbocycles. The SMILES string of the molecule is CC(C)[C@](C)(C#N)NC(=O)COC(=O)c1c2c(nc3ccccc13)CCC2. The van der Waals surface area contributed by atoms with Crippen molar-refractivity contribution in [2.75, 3.05) is 6.61 Å². The Kier molecular flexibility index (Phi) is 5.13. The van der Waals surface area contributed by atoms with E-state index < -0.39 is 24.0 Å². The third-order valence-electron chi connectivity index (χ3n) is 5.24. The van der Waals surface area contributed by atoms with Crippen LogP contribution in [0, 0.1) is 17.2 Å². The molecule has 6 heteroatoms. The van der Waals surface area contributed by atoms with Crippen LogP contribution in [0.2, 0.25) is 0 Å². The first-order valence-electron chi connectivity index (χ1n) is 9.15. The van der Waals surface area contributed by atoms with Crippen molar-refractivity contribution in [3.63, 3.8) is 0 Å². The monoisotopic (exact) mass is 365 g/mol. The number of amides is 1. The van der Waals surface area contributed by atoms with Gasteiger partial charge in [-0.1, -0.05) is 32.0 Å². The van der Waals surface area contributed by atoms with Crippen molar-refractivity contribution >= 4 is 22.8 Å². The summed E-state index contributed by atoms with van der Waals surface area (Å²) in [4.78, 5) is 29.7. The van der Waals surface area contributed by atoms with Gasteiger partial charge in [-0.05, 0) is 43.7 Å². The van der Waals surface area contributed by atoms with Crippen LogP contribution >= 0.6 is 0 Å². The van der Waals surface area contributed by atoms with E-state index in [1.807, 2.05) is 38.1 Å². The highest BCUT2D eigenvalue weighted by atomic mass is 16.5. The Labute approximate surface area is 158 Å². The summed E-state index contributed by atoms with van der Waals surface area (Å²) in [5, 5.41) is 12.7. The van der Waals surface area contributed by atoms with Gasteiger partial charge < -0.3 is 10.1 Å². The van der Waals surface area contributed by atoms with Gasteiger partial charge in [-0.15, -0.1) is 0 Å². The largest absolute Gasteiger partial charge is 0.452 e. The van der Waals surface area contributed by atoms with Crippen molar-refractivity contribution in [2.45, 2.75) is 45.6 Å². The summed E-state index contributed by atoms with van der Waals surface area (Å²) < 4.78 is 5.31. The number of carbonyl (C=O) groups is 2. The van der Waals surface area contributed by atoms with Crippen LogP contribution in [0.25, 0.3) is 10.9 Å². The fourth-order valence-corrected chi connectivity index (χ4v) is 3.27. The lowest BCUT2D eigenvalue weighted by Crippen LogP contribution is -2.50. The first kappa shape index (κ1) is 18.8. The molecule has 1 atom stereocenters. The number of fused-ring (bicyclic) bond motifs is 2. The lowest BCUT2D eigenvalue weighted by atomic mass is 9.90. The highest BCUT2D eigenvalue weighted by Gasteiger charge is 2.31. The van der Waals surface area contributed by atoms with E-state index in [0.717, 1.165) is 41.4 Å². The molecule has 1 aliphatic rings. The molecule has 3 rings (SSSR count). The van der Waals surface area contributed by atoms with Crippen LogP contribution in [-0.2, 0) is 22.4 Å². The predicted molar refractivity (Wildman–Crippen MR) is 101 cm³/mol. The van der Waals surface area contributed by atoms with Crippen LogP contribution in [0.15, 0.2) is 24.3 Å². The summed E-state index contributed by atoms with van der Waals surface area (Å²) in [6, 6.07) is 9.57. The first-order valence-corrected chi connectivity index (χ1v) is 9.15. The van der Waals surface area contributed by atoms with Crippen LogP contribution < -0.4 is 5.32 Å². The Hall–Kier alpha value is -2.94. The number of hydrogen-bond acceptors (Lipinski definition) is 5. The highest BCUT2D eigenvalue weighted by Crippen LogP contribution is 2.30.